The van der Waals surface area contributed by atoms with Gasteiger partial charge in [0.1, 0.15) is 11.5 Å². The van der Waals surface area contributed by atoms with E-state index in [0.717, 1.165) is 30.3 Å². The molecule has 0 saturated heterocycles. The molecule has 0 saturated carbocycles. The van der Waals surface area contributed by atoms with Crippen molar-refractivity contribution >= 4 is 0 Å². The molecule has 0 aliphatic rings. The van der Waals surface area contributed by atoms with Crippen LogP contribution in [0.1, 0.15) is 19.5 Å². The number of ether oxygens (including phenoxy) is 2. The summed E-state index contributed by atoms with van der Waals surface area (Å²) in [5, 5.41) is 3.24. The Morgan fingerprint density at radius 3 is 2.65 bits per heavy atom. The van der Waals surface area contributed by atoms with Crippen LogP contribution in [-0.2, 0) is 6.54 Å². The van der Waals surface area contributed by atoms with Crippen molar-refractivity contribution in [3.8, 4) is 17.4 Å². The molecule has 4 heteroatoms. The molecule has 4 nitrogen and oxygen atoms in total. The van der Waals surface area contributed by atoms with Gasteiger partial charge in [-0.1, -0.05) is 19.1 Å². The molecule has 0 amide bonds. The van der Waals surface area contributed by atoms with Crippen molar-refractivity contribution in [1.82, 2.24) is 10.3 Å². The average molecular weight is 272 g/mol. The predicted octanol–water partition coefficient (Wildman–Crippen LogP) is 3.38. The maximum atomic E-state index is 5.77. The van der Waals surface area contributed by atoms with E-state index in [-0.39, 0.29) is 0 Å². The van der Waals surface area contributed by atoms with Crippen LogP contribution in [0.15, 0.2) is 42.5 Å². The Morgan fingerprint density at radius 1 is 1.05 bits per heavy atom. The van der Waals surface area contributed by atoms with Gasteiger partial charge in [-0.15, -0.1) is 0 Å². The predicted molar refractivity (Wildman–Crippen MR) is 79.3 cm³/mol. The number of nitrogens with one attached hydrogen (secondary N) is 1. The van der Waals surface area contributed by atoms with Crippen LogP contribution in [0.5, 0.6) is 17.4 Å². The molecule has 0 fully saturated rings. The van der Waals surface area contributed by atoms with Crippen LogP contribution >= 0.6 is 0 Å². The molecular formula is C16H20N2O2. The first kappa shape index (κ1) is 14.3. The van der Waals surface area contributed by atoms with Crippen LogP contribution in [-0.4, -0.2) is 18.1 Å². The number of hydrogen-bond donors (Lipinski definition) is 1. The highest BCUT2D eigenvalue weighted by molar-refractivity contribution is 5.35. The van der Waals surface area contributed by atoms with Gasteiger partial charge >= 0.3 is 0 Å². The van der Waals surface area contributed by atoms with Crippen molar-refractivity contribution in [2.45, 2.75) is 20.4 Å². The van der Waals surface area contributed by atoms with Crippen LogP contribution in [0.4, 0.5) is 0 Å². The van der Waals surface area contributed by atoms with Gasteiger partial charge < -0.3 is 14.8 Å². The highest BCUT2D eigenvalue weighted by Gasteiger charge is 2.02. The second kappa shape index (κ2) is 7.50. The topological polar surface area (TPSA) is 43.4 Å². The van der Waals surface area contributed by atoms with Gasteiger partial charge in [0.15, 0.2) is 0 Å². The average Bonchev–Trinajstić information content (AvgIpc) is 2.46. The fourth-order valence-corrected chi connectivity index (χ4v) is 1.78. The largest absolute Gasteiger partial charge is 0.494 e. The number of pyridine rings is 1. The maximum absolute atomic E-state index is 5.77. The first-order chi connectivity index (χ1) is 9.81. The highest BCUT2D eigenvalue weighted by atomic mass is 16.5. The van der Waals surface area contributed by atoms with E-state index in [2.05, 4.69) is 17.2 Å². The number of benzene rings is 1. The fraction of sp³-hybridized carbons (Fsp3) is 0.312. The lowest BCUT2D eigenvalue weighted by molar-refractivity contribution is 0.338. The van der Waals surface area contributed by atoms with Gasteiger partial charge in [0.05, 0.1) is 12.3 Å². The summed E-state index contributed by atoms with van der Waals surface area (Å²) in [5.74, 6) is 2.12. The minimum absolute atomic E-state index is 0.592. The lowest BCUT2D eigenvalue weighted by atomic mass is 10.3. The standard InChI is InChI=1S/C16H20N2O2/c1-3-17-12-13-7-5-10-16(18-13)20-15-9-6-8-14(11-15)19-4-2/h5-11,17H,3-4,12H2,1-2H3. The summed E-state index contributed by atoms with van der Waals surface area (Å²) in [5.41, 5.74) is 0.963. The van der Waals surface area contributed by atoms with Crippen molar-refractivity contribution in [2.24, 2.45) is 0 Å². The van der Waals surface area contributed by atoms with Gasteiger partial charge in [-0.25, -0.2) is 4.98 Å². The SMILES string of the molecule is CCNCc1cccc(Oc2cccc(OCC)c2)n1. The molecule has 0 unspecified atom stereocenters. The lowest BCUT2D eigenvalue weighted by Crippen LogP contribution is -2.12. The molecule has 1 heterocycles. The van der Waals surface area contributed by atoms with Gasteiger partial charge in [-0.05, 0) is 31.7 Å². The zero-order chi connectivity index (χ0) is 14.2. The van der Waals surface area contributed by atoms with E-state index in [4.69, 9.17) is 9.47 Å². The normalized spacial score (nSPS) is 10.3. The van der Waals surface area contributed by atoms with Crippen LogP contribution in [0.2, 0.25) is 0 Å². The fourth-order valence-electron chi connectivity index (χ4n) is 1.78. The second-order valence-corrected chi connectivity index (χ2v) is 4.26. The zero-order valence-electron chi connectivity index (χ0n) is 11.9. The minimum atomic E-state index is 0.592. The third-order valence-corrected chi connectivity index (χ3v) is 2.68. The Bertz CT molecular complexity index is 544. The van der Waals surface area contributed by atoms with E-state index in [0.29, 0.717) is 12.5 Å². The maximum Gasteiger partial charge on any atom is 0.219 e. The third-order valence-electron chi connectivity index (χ3n) is 2.68. The lowest BCUT2D eigenvalue weighted by Gasteiger charge is -2.08. The van der Waals surface area contributed by atoms with Gasteiger partial charge in [0, 0.05) is 18.7 Å². The molecular weight excluding hydrogens is 252 g/mol. The summed E-state index contributed by atoms with van der Waals surface area (Å²) in [6.07, 6.45) is 0. The van der Waals surface area contributed by atoms with E-state index in [1.165, 1.54) is 0 Å². The van der Waals surface area contributed by atoms with Crippen molar-refractivity contribution in [3.05, 3.63) is 48.2 Å². The minimum Gasteiger partial charge on any atom is -0.494 e. The second-order valence-electron chi connectivity index (χ2n) is 4.26. The Balaban J connectivity index is 2.07. The molecule has 0 aliphatic heterocycles. The summed E-state index contributed by atoms with van der Waals surface area (Å²) in [6, 6.07) is 13.3. The van der Waals surface area contributed by atoms with Crippen molar-refractivity contribution in [1.29, 1.82) is 0 Å². The summed E-state index contributed by atoms with van der Waals surface area (Å²) >= 11 is 0. The molecule has 20 heavy (non-hydrogen) atoms. The van der Waals surface area contributed by atoms with E-state index in [9.17, 15) is 0 Å². The molecule has 0 atom stereocenters. The third kappa shape index (κ3) is 4.24. The van der Waals surface area contributed by atoms with E-state index in [1.54, 1.807) is 0 Å². The van der Waals surface area contributed by atoms with E-state index >= 15 is 0 Å². The molecule has 0 aliphatic carbocycles. The summed E-state index contributed by atoms with van der Waals surface area (Å²) in [4.78, 5) is 4.46. The Morgan fingerprint density at radius 2 is 1.85 bits per heavy atom. The molecule has 1 N–H and O–H groups in total. The number of nitrogens with zero attached hydrogens (tertiary/aromatic N) is 1. The molecule has 2 rings (SSSR count). The summed E-state index contributed by atoms with van der Waals surface area (Å²) < 4.78 is 11.2. The smallest absolute Gasteiger partial charge is 0.219 e. The van der Waals surface area contributed by atoms with Gasteiger partial charge in [0.25, 0.3) is 0 Å². The summed E-state index contributed by atoms with van der Waals surface area (Å²) in [7, 11) is 0. The Kier molecular flexibility index (Phi) is 5.38. The van der Waals surface area contributed by atoms with Crippen molar-refractivity contribution < 1.29 is 9.47 Å². The molecule has 2 aromatic rings. The van der Waals surface area contributed by atoms with E-state index in [1.807, 2.05) is 49.4 Å². The highest BCUT2D eigenvalue weighted by Crippen LogP contribution is 2.24. The van der Waals surface area contributed by atoms with Gasteiger partial charge in [-0.3, -0.25) is 0 Å². The Hall–Kier alpha value is -2.07. The zero-order valence-corrected chi connectivity index (χ0v) is 11.9. The first-order valence-electron chi connectivity index (χ1n) is 6.89. The molecule has 106 valence electrons. The number of rotatable bonds is 7. The van der Waals surface area contributed by atoms with Gasteiger partial charge in [0.2, 0.25) is 5.88 Å². The summed E-state index contributed by atoms with van der Waals surface area (Å²) in [6.45, 7) is 6.33. The molecule has 1 aromatic heterocycles. The van der Waals surface area contributed by atoms with Crippen LogP contribution in [0.25, 0.3) is 0 Å². The quantitative estimate of drug-likeness (QED) is 0.839. The van der Waals surface area contributed by atoms with Crippen molar-refractivity contribution in [3.63, 3.8) is 0 Å². The monoisotopic (exact) mass is 272 g/mol. The van der Waals surface area contributed by atoms with E-state index < -0.39 is 0 Å². The van der Waals surface area contributed by atoms with Crippen LogP contribution in [0.3, 0.4) is 0 Å². The molecule has 0 spiro atoms. The van der Waals surface area contributed by atoms with Gasteiger partial charge in [-0.2, -0.15) is 0 Å². The van der Waals surface area contributed by atoms with Crippen LogP contribution in [0, 0.1) is 0 Å². The molecule has 0 radical (unpaired) electrons. The first-order valence-corrected chi connectivity index (χ1v) is 6.89. The van der Waals surface area contributed by atoms with Crippen molar-refractivity contribution in [2.75, 3.05) is 13.2 Å². The Labute approximate surface area is 119 Å². The molecule has 0 bridgehead atoms. The molecule has 1 aromatic carbocycles. The number of aromatic nitrogens is 1. The number of hydrogen-bond acceptors (Lipinski definition) is 4. The van der Waals surface area contributed by atoms with Crippen LogP contribution < -0.4 is 14.8 Å².